The van der Waals surface area contributed by atoms with Gasteiger partial charge in [-0.1, -0.05) is 44.2 Å². The van der Waals surface area contributed by atoms with E-state index in [9.17, 15) is 18.0 Å². The van der Waals surface area contributed by atoms with Crippen molar-refractivity contribution < 1.29 is 32.6 Å². The number of carbonyl (C=O) groups excluding carboxylic acids is 1. The smallest absolute Gasteiger partial charge is 0.475 e. The number of carboxylic acids is 1. The molecule has 0 spiro atoms. The van der Waals surface area contributed by atoms with Crippen LogP contribution in [-0.2, 0) is 20.9 Å². The first-order valence-corrected chi connectivity index (χ1v) is 11.2. The molecule has 1 aromatic carbocycles. The molecule has 1 atom stereocenters. The molecular weight excluding hydrogens is 467 g/mol. The highest BCUT2D eigenvalue weighted by Crippen LogP contribution is 2.39. The van der Waals surface area contributed by atoms with E-state index in [0.29, 0.717) is 25.7 Å². The largest absolute Gasteiger partial charge is 0.490 e. The van der Waals surface area contributed by atoms with Gasteiger partial charge in [-0.05, 0) is 17.9 Å². The molecule has 12 heteroatoms. The highest BCUT2D eigenvalue weighted by molar-refractivity contribution is 6.06. The van der Waals surface area contributed by atoms with E-state index in [-0.39, 0.29) is 11.9 Å². The molecule has 9 nitrogen and oxygen atoms in total. The second kappa shape index (κ2) is 11.3. The minimum atomic E-state index is -5.08. The molecule has 2 N–H and O–H groups in total. The van der Waals surface area contributed by atoms with Crippen molar-refractivity contribution in [3.63, 3.8) is 0 Å². The van der Waals surface area contributed by atoms with Gasteiger partial charge in [-0.25, -0.2) is 14.8 Å². The predicted molar refractivity (Wildman–Crippen MR) is 123 cm³/mol. The zero-order chi connectivity index (χ0) is 25.6. The molecule has 0 bridgehead atoms. The minimum Gasteiger partial charge on any atom is -0.475 e. The molecule has 0 aliphatic carbocycles. The standard InChI is InChI=1S/C21H27N5O2.C2HF3O2/c1-15(2)12-17-21(27)26(13-16-6-4-3-5-7-16)18-19(24-17)22-14-23-20(18)25-8-10-28-11-9-25;3-2(4,5)1(6)7/h3-7,14-15,17H,8-13H2,1-2H3,(H,22,23,24);(H,6,7). The summed E-state index contributed by atoms with van der Waals surface area (Å²) in [7, 11) is 0. The summed E-state index contributed by atoms with van der Waals surface area (Å²) in [5, 5.41) is 10.5. The number of aliphatic carboxylic acids is 1. The summed E-state index contributed by atoms with van der Waals surface area (Å²) in [5.74, 6) is -0.741. The third-order valence-corrected chi connectivity index (χ3v) is 5.39. The number of ether oxygens (including phenoxy) is 1. The fourth-order valence-corrected chi connectivity index (χ4v) is 3.81. The molecule has 1 aromatic heterocycles. The number of carbonyl (C=O) groups is 2. The van der Waals surface area contributed by atoms with Crippen LogP contribution >= 0.6 is 0 Å². The van der Waals surface area contributed by atoms with Gasteiger partial charge in [0.2, 0.25) is 5.91 Å². The maximum absolute atomic E-state index is 13.4. The van der Waals surface area contributed by atoms with E-state index in [0.717, 1.165) is 42.4 Å². The lowest BCUT2D eigenvalue weighted by Gasteiger charge is -2.38. The van der Waals surface area contributed by atoms with Crippen LogP contribution in [0.3, 0.4) is 0 Å². The number of carboxylic acid groups (broad SMARTS) is 1. The fraction of sp³-hybridized carbons (Fsp3) is 0.478. The van der Waals surface area contributed by atoms with Gasteiger partial charge in [0.05, 0.1) is 19.8 Å². The molecule has 2 aliphatic heterocycles. The van der Waals surface area contributed by atoms with Crippen molar-refractivity contribution in [3.05, 3.63) is 42.2 Å². The summed E-state index contributed by atoms with van der Waals surface area (Å²) in [5.41, 5.74) is 1.86. The number of rotatable bonds is 5. The number of alkyl halides is 3. The van der Waals surface area contributed by atoms with Crippen LogP contribution in [0.15, 0.2) is 36.7 Å². The minimum absolute atomic E-state index is 0.0781. The van der Waals surface area contributed by atoms with Gasteiger partial charge in [0.25, 0.3) is 0 Å². The Kier molecular flexibility index (Phi) is 8.49. The van der Waals surface area contributed by atoms with Crippen LogP contribution in [0.25, 0.3) is 0 Å². The quantitative estimate of drug-likeness (QED) is 0.651. The van der Waals surface area contributed by atoms with Crippen LogP contribution in [0.2, 0.25) is 0 Å². The van der Waals surface area contributed by atoms with Crippen molar-refractivity contribution >= 4 is 29.2 Å². The molecule has 1 fully saturated rings. The van der Waals surface area contributed by atoms with Crippen molar-refractivity contribution in [2.75, 3.05) is 41.4 Å². The number of nitrogens with zero attached hydrogens (tertiary/aromatic N) is 4. The van der Waals surface area contributed by atoms with Crippen LogP contribution in [0.1, 0.15) is 25.8 Å². The molecule has 3 heterocycles. The van der Waals surface area contributed by atoms with Gasteiger partial charge in [0.1, 0.15) is 18.1 Å². The first-order chi connectivity index (χ1) is 16.6. The molecular formula is C23H28F3N5O4. The van der Waals surface area contributed by atoms with E-state index in [1.165, 1.54) is 0 Å². The Morgan fingerprint density at radius 1 is 1.20 bits per heavy atom. The summed E-state index contributed by atoms with van der Waals surface area (Å²) >= 11 is 0. The van der Waals surface area contributed by atoms with E-state index in [1.54, 1.807) is 6.33 Å². The number of hydrogen-bond acceptors (Lipinski definition) is 7. The van der Waals surface area contributed by atoms with E-state index in [1.807, 2.05) is 35.2 Å². The molecule has 2 aliphatic rings. The van der Waals surface area contributed by atoms with Gasteiger partial charge in [-0.3, -0.25) is 9.69 Å². The van der Waals surface area contributed by atoms with Crippen LogP contribution in [0, 0.1) is 5.92 Å². The van der Waals surface area contributed by atoms with Crippen LogP contribution in [0.4, 0.5) is 30.5 Å². The van der Waals surface area contributed by atoms with Crippen molar-refractivity contribution in [1.82, 2.24) is 9.97 Å². The molecule has 35 heavy (non-hydrogen) atoms. The molecule has 1 unspecified atom stereocenters. The van der Waals surface area contributed by atoms with E-state index < -0.39 is 12.1 Å². The Morgan fingerprint density at radius 3 is 2.40 bits per heavy atom. The molecule has 1 amide bonds. The van der Waals surface area contributed by atoms with Crippen molar-refractivity contribution in [1.29, 1.82) is 0 Å². The first kappa shape index (κ1) is 26.2. The number of morpholine rings is 1. The number of fused-ring (bicyclic) bond motifs is 1. The average Bonchev–Trinajstić information content (AvgIpc) is 2.82. The van der Waals surface area contributed by atoms with E-state index in [4.69, 9.17) is 14.6 Å². The maximum atomic E-state index is 13.4. The zero-order valence-electron chi connectivity index (χ0n) is 19.5. The van der Waals surface area contributed by atoms with Gasteiger partial charge >= 0.3 is 12.1 Å². The Hall–Kier alpha value is -3.41. The number of amides is 1. The Bertz CT molecular complexity index is 1010. The fourth-order valence-electron chi connectivity index (χ4n) is 3.81. The highest BCUT2D eigenvalue weighted by Gasteiger charge is 2.38. The SMILES string of the molecule is CC(C)CC1Nc2ncnc(N3CCOCC3)c2N(Cc2ccccc2)C1=O.O=C(O)C(F)(F)F. The molecule has 190 valence electrons. The van der Waals surface area contributed by atoms with Gasteiger partial charge in [-0.2, -0.15) is 13.2 Å². The van der Waals surface area contributed by atoms with E-state index >= 15 is 0 Å². The molecule has 0 saturated carbocycles. The third-order valence-electron chi connectivity index (χ3n) is 5.39. The van der Waals surface area contributed by atoms with Gasteiger partial charge in [0, 0.05) is 13.1 Å². The number of aromatic nitrogens is 2. The van der Waals surface area contributed by atoms with Crippen LogP contribution in [0.5, 0.6) is 0 Å². The maximum Gasteiger partial charge on any atom is 0.490 e. The highest BCUT2D eigenvalue weighted by atomic mass is 19.4. The molecule has 0 radical (unpaired) electrons. The summed E-state index contributed by atoms with van der Waals surface area (Å²) in [6.45, 7) is 7.60. The Balaban J connectivity index is 0.000000429. The average molecular weight is 496 g/mol. The number of halogens is 3. The summed E-state index contributed by atoms with van der Waals surface area (Å²) < 4.78 is 37.2. The topological polar surface area (TPSA) is 108 Å². The summed E-state index contributed by atoms with van der Waals surface area (Å²) in [6, 6.07) is 9.80. The number of hydrogen-bond donors (Lipinski definition) is 2. The monoisotopic (exact) mass is 495 g/mol. The normalized spacial score (nSPS) is 17.9. The number of anilines is 3. The number of nitrogens with one attached hydrogen (secondary N) is 1. The second-order valence-corrected chi connectivity index (χ2v) is 8.53. The van der Waals surface area contributed by atoms with Gasteiger partial charge in [-0.15, -0.1) is 0 Å². The first-order valence-electron chi connectivity index (χ1n) is 11.2. The van der Waals surface area contributed by atoms with Crippen molar-refractivity contribution in [2.24, 2.45) is 5.92 Å². The lowest BCUT2D eigenvalue weighted by molar-refractivity contribution is -0.192. The number of benzene rings is 1. The summed E-state index contributed by atoms with van der Waals surface area (Å²) in [4.78, 5) is 35.4. The Labute approximate surface area is 200 Å². The van der Waals surface area contributed by atoms with Crippen LogP contribution < -0.4 is 15.1 Å². The second-order valence-electron chi connectivity index (χ2n) is 8.53. The lowest BCUT2D eigenvalue weighted by Crippen LogP contribution is -2.49. The van der Waals surface area contributed by atoms with Gasteiger partial charge in [0.15, 0.2) is 11.6 Å². The van der Waals surface area contributed by atoms with Crippen molar-refractivity contribution in [2.45, 2.75) is 39.0 Å². The van der Waals surface area contributed by atoms with Crippen molar-refractivity contribution in [3.8, 4) is 0 Å². The Morgan fingerprint density at radius 2 is 1.83 bits per heavy atom. The molecule has 2 aromatic rings. The predicted octanol–water partition coefficient (Wildman–Crippen LogP) is 3.32. The van der Waals surface area contributed by atoms with Gasteiger partial charge < -0.3 is 20.1 Å². The third kappa shape index (κ3) is 6.81. The summed E-state index contributed by atoms with van der Waals surface area (Å²) in [6.07, 6.45) is -2.74. The van der Waals surface area contributed by atoms with E-state index in [2.05, 4.69) is 34.0 Å². The lowest BCUT2D eigenvalue weighted by atomic mass is 10.00. The zero-order valence-corrected chi connectivity index (χ0v) is 19.5. The molecule has 4 rings (SSSR count). The van der Waals surface area contributed by atoms with Crippen LogP contribution in [-0.4, -0.2) is 65.5 Å². The molecule has 1 saturated heterocycles.